The second-order valence-corrected chi connectivity index (χ2v) is 16.5. The summed E-state index contributed by atoms with van der Waals surface area (Å²) in [5.41, 5.74) is 4.46. The van der Waals surface area contributed by atoms with E-state index in [4.69, 9.17) is 9.47 Å². The van der Waals surface area contributed by atoms with Gasteiger partial charge in [0.1, 0.15) is 36.9 Å². The standard InChI is InChI=1S/C40H44N2O8S2/c1-29-11-19-39(20-12-29)51(45,46)41(33-9-5-7-31(3)23-33)25-35(43)27-49-37-15-17-38(18-16-37)50-28-36(44)26-42(34-10-6-8-32(4)24-34)52(47,48)40-21-13-30(2)14-22-40/h5-24,35-36,43-44H,25-28H2,1-4H3. The lowest BCUT2D eigenvalue weighted by atomic mass is 10.2. The molecule has 2 N–H and O–H groups in total. The van der Waals surface area contributed by atoms with E-state index >= 15 is 0 Å². The summed E-state index contributed by atoms with van der Waals surface area (Å²) < 4.78 is 68.7. The first-order valence-corrected chi connectivity index (χ1v) is 19.6. The average molecular weight is 745 g/mol. The van der Waals surface area contributed by atoms with E-state index in [9.17, 15) is 27.0 Å². The molecule has 0 aromatic heterocycles. The summed E-state index contributed by atoms with van der Waals surface area (Å²) in [5.74, 6) is 0.815. The topological polar surface area (TPSA) is 134 Å². The number of hydrogen-bond acceptors (Lipinski definition) is 8. The predicted molar refractivity (Wildman–Crippen MR) is 203 cm³/mol. The molecule has 0 saturated carbocycles. The normalized spacial score (nSPS) is 12.9. The molecule has 10 nitrogen and oxygen atoms in total. The van der Waals surface area contributed by atoms with E-state index in [1.54, 1.807) is 109 Å². The van der Waals surface area contributed by atoms with E-state index < -0.39 is 32.3 Å². The molecule has 5 aromatic rings. The number of anilines is 2. The average Bonchev–Trinajstić information content (AvgIpc) is 3.11. The van der Waals surface area contributed by atoms with Crippen molar-refractivity contribution in [2.24, 2.45) is 0 Å². The van der Waals surface area contributed by atoms with Crippen molar-refractivity contribution < 1.29 is 36.5 Å². The molecule has 0 fully saturated rings. The van der Waals surface area contributed by atoms with Gasteiger partial charge in [0, 0.05) is 0 Å². The number of aliphatic hydroxyl groups excluding tert-OH is 2. The molecule has 12 heteroatoms. The van der Waals surface area contributed by atoms with Crippen LogP contribution in [0.25, 0.3) is 0 Å². The Morgan fingerprint density at radius 3 is 1.17 bits per heavy atom. The summed E-state index contributed by atoms with van der Waals surface area (Å²) in [6.45, 7) is 6.64. The van der Waals surface area contributed by atoms with Crippen LogP contribution in [0.15, 0.2) is 131 Å². The first-order chi connectivity index (χ1) is 24.7. The van der Waals surface area contributed by atoms with Gasteiger partial charge in [0.25, 0.3) is 20.0 Å². The van der Waals surface area contributed by atoms with Crippen LogP contribution < -0.4 is 18.1 Å². The van der Waals surface area contributed by atoms with Gasteiger partial charge in [-0.2, -0.15) is 0 Å². The summed E-state index contributed by atoms with van der Waals surface area (Å²) in [7, 11) is -7.98. The Kier molecular flexibility index (Phi) is 12.3. The Morgan fingerprint density at radius 2 is 0.846 bits per heavy atom. The van der Waals surface area contributed by atoms with E-state index in [2.05, 4.69) is 0 Å². The number of sulfonamides is 2. The molecule has 0 radical (unpaired) electrons. The number of rotatable bonds is 16. The molecule has 0 spiro atoms. The lowest BCUT2D eigenvalue weighted by Gasteiger charge is -2.27. The minimum absolute atomic E-state index is 0.115. The number of aryl methyl sites for hydroxylation is 4. The highest BCUT2D eigenvalue weighted by Crippen LogP contribution is 2.27. The molecule has 0 amide bonds. The van der Waals surface area contributed by atoms with Crippen molar-refractivity contribution in [3.8, 4) is 11.5 Å². The molecule has 0 saturated heterocycles. The van der Waals surface area contributed by atoms with Crippen molar-refractivity contribution in [1.82, 2.24) is 0 Å². The molecule has 0 heterocycles. The Hall–Kier alpha value is -4.88. The maximum Gasteiger partial charge on any atom is 0.264 e. The van der Waals surface area contributed by atoms with Crippen LogP contribution in [0.1, 0.15) is 22.3 Å². The quantitative estimate of drug-likeness (QED) is 0.122. The fraction of sp³-hybridized carbons (Fsp3) is 0.250. The van der Waals surface area contributed by atoms with Crippen LogP contribution in [-0.2, 0) is 20.0 Å². The van der Waals surface area contributed by atoms with E-state index in [0.717, 1.165) is 22.3 Å². The SMILES string of the molecule is Cc1ccc(S(=O)(=O)N(CC(O)COc2ccc(OCC(O)CN(c3cccc(C)c3)S(=O)(=O)c3ccc(C)cc3)cc2)c2cccc(C)c2)cc1. The first-order valence-electron chi connectivity index (χ1n) is 16.8. The second-order valence-electron chi connectivity index (χ2n) is 12.8. The Balaban J connectivity index is 1.20. The summed E-state index contributed by atoms with van der Waals surface area (Å²) in [6, 6.07) is 33.7. The van der Waals surface area contributed by atoms with Gasteiger partial charge in [-0.05, 0) is 112 Å². The number of benzene rings is 5. The van der Waals surface area contributed by atoms with Crippen LogP contribution >= 0.6 is 0 Å². The third-order valence-electron chi connectivity index (χ3n) is 8.26. The molecule has 0 aliphatic heterocycles. The Labute approximate surface area is 306 Å². The Bertz CT molecular complexity index is 2000. The smallest absolute Gasteiger partial charge is 0.264 e. The van der Waals surface area contributed by atoms with Gasteiger partial charge >= 0.3 is 0 Å². The van der Waals surface area contributed by atoms with Gasteiger partial charge in [-0.25, -0.2) is 16.8 Å². The van der Waals surface area contributed by atoms with Gasteiger partial charge in [0.05, 0.1) is 34.3 Å². The van der Waals surface area contributed by atoms with Crippen LogP contribution in [0.4, 0.5) is 11.4 Å². The summed E-state index contributed by atoms with van der Waals surface area (Å²) in [4.78, 5) is 0.230. The van der Waals surface area contributed by atoms with Crippen molar-refractivity contribution in [3.05, 3.63) is 144 Å². The minimum atomic E-state index is -3.99. The summed E-state index contributed by atoms with van der Waals surface area (Å²) >= 11 is 0. The van der Waals surface area contributed by atoms with Crippen molar-refractivity contribution in [3.63, 3.8) is 0 Å². The van der Waals surface area contributed by atoms with Crippen LogP contribution in [0.2, 0.25) is 0 Å². The maximum atomic E-state index is 13.7. The predicted octanol–water partition coefficient (Wildman–Crippen LogP) is 6.19. The fourth-order valence-corrected chi connectivity index (χ4v) is 8.42. The third kappa shape index (κ3) is 9.71. The number of aliphatic hydroxyl groups is 2. The highest BCUT2D eigenvalue weighted by atomic mass is 32.2. The lowest BCUT2D eigenvalue weighted by molar-refractivity contribution is 0.113. The number of ether oxygens (including phenoxy) is 2. The molecule has 274 valence electrons. The van der Waals surface area contributed by atoms with Crippen LogP contribution in [0, 0.1) is 27.7 Å². The monoisotopic (exact) mass is 744 g/mol. The zero-order valence-electron chi connectivity index (χ0n) is 29.6. The molecule has 5 aromatic carbocycles. The molecule has 0 aliphatic rings. The zero-order chi connectivity index (χ0) is 37.5. The molecule has 0 aliphatic carbocycles. The second kappa shape index (κ2) is 16.6. The minimum Gasteiger partial charge on any atom is -0.491 e. The van der Waals surface area contributed by atoms with Gasteiger partial charge in [-0.1, -0.05) is 59.7 Å². The van der Waals surface area contributed by atoms with E-state index in [-0.39, 0.29) is 36.1 Å². The fourth-order valence-electron chi connectivity index (χ4n) is 5.43. The van der Waals surface area contributed by atoms with Gasteiger partial charge in [-0.15, -0.1) is 0 Å². The van der Waals surface area contributed by atoms with Crippen molar-refractivity contribution in [2.45, 2.75) is 49.7 Å². The largest absolute Gasteiger partial charge is 0.491 e. The molecular formula is C40H44N2O8S2. The lowest BCUT2D eigenvalue weighted by Crippen LogP contribution is -2.40. The zero-order valence-corrected chi connectivity index (χ0v) is 31.2. The van der Waals surface area contributed by atoms with Crippen LogP contribution in [0.3, 0.4) is 0 Å². The number of nitrogens with zero attached hydrogens (tertiary/aromatic N) is 2. The van der Waals surface area contributed by atoms with Gasteiger partial charge in [0.15, 0.2) is 0 Å². The van der Waals surface area contributed by atoms with Crippen LogP contribution in [0.5, 0.6) is 11.5 Å². The third-order valence-corrected chi connectivity index (χ3v) is 11.9. The summed E-state index contributed by atoms with van der Waals surface area (Å²) in [6.07, 6.45) is -2.33. The molecule has 0 bridgehead atoms. The molecule has 2 unspecified atom stereocenters. The van der Waals surface area contributed by atoms with Crippen molar-refractivity contribution >= 4 is 31.4 Å². The number of hydrogen-bond donors (Lipinski definition) is 2. The van der Waals surface area contributed by atoms with E-state index in [0.29, 0.717) is 22.9 Å². The molecular weight excluding hydrogens is 701 g/mol. The van der Waals surface area contributed by atoms with Gasteiger partial charge in [0.2, 0.25) is 0 Å². The molecule has 52 heavy (non-hydrogen) atoms. The van der Waals surface area contributed by atoms with Crippen molar-refractivity contribution in [1.29, 1.82) is 0 Å². The summed E-state index contributed by atoms with van der Waals surface area (Å²) in [5, 5.41) is 21.9. The van der Waals surface area contributed by atoms with E-state index in [1.165, 1.54) is 8.61 Å². The van der Waals surface area contributed by atoms with Crippen molar-refractivity contribution in [2.75, 3.05) is 34.9 Å². The van der Waals surface area contributed by atoms with E-state index in [1.807, 2.05) is 39.8 Å². The first kappa shape index (κ1) is 38.4. The molecule has 2 atom stereocenters. The Morgan fingerprint density at radius 1 is 0.500 bits per heavy atom. The van der Waals surface area contributed by atoms with Crippen LogP contribution in [-0.4, -0.2) is 65.6 Å². The maximum absolute atomic E-state index is 13.7. The highest BCUT2D eigenvalue weighted by molar-refractivity contribution is 7.93. The highest BCUT2D eigenvalue weighted by Gasteiger charge is 2.29. The molecule has 5 rings (SSSR count). The van der Waals surface area contributed by atoms with Gasteiger partial charge < -0.3 is 19.7 Å². The van der Waals surface area contributed by atoms with Gasteiger partial charge in [-0.3, -0.25) is 8.61 Å².